The molecule has 0 radical (unpaired) electrons. The van der Waals surface area contributed by atoms with Gasteiger partial charge in [-0.2, -0.15) is 0 Å². The highest BCUT2D eigenvalue weighted by Gasteiger charge is 2.38. The molecule has 0 aliphatic carbocycles. The Hall–Kier alpha value is -7.25. The number of hydrogen-bond donors (Lipinski definition) is 33. The second kappa shape index (κ2) is 76.3. The van der Waals surface area contributed by atoms with Gasteiger partial charge in [0.05, 0.1) is 33.9 Å². The first-order valence-corrected chi connectivity index (χ1v) is 54.7. The van der Waals surface area contributed by atoms with E-state index in [1.807, 2.05) is 0 Å². The summed E-state index contributed by atoms with van der Waals surface area (Å²) >= 11 is 4.53. The average Bonchev–Trinajstić information content (AvgIpc) is 1.12. The van der Waals surface area contributed by atoms with Gasteiger partial charge in [-0.1, -0.05) is 32.8 Å². The number of imide groups is 1. The second-order valence-corrected chi connectivity index (χ2v) is 42.1. The number of nitrogens with two attached hydrogens (primary N) is 1. The van der Waals surface area contributed by atoms with Crippen LogP contribution in [0.1, 0.15) is 130 Å². The van der Waals surface area contributed by atoms with Crippen LogP contribution in [0.4, 0.5) is 0 Å². The fourth-order valence-corrected chi connectivity index (χ4v) is 18.6. The summed E-state index contributed by atoms with van der Waals surface area (Å²) in [5.74, 6) is -1.13. The van der Waals surface area contributed by atoms with Crippen LogP contribution < -0.4 is 176 Å². The van der Waals surface area contributed by atoms with E-state index >= 15 is 0 Å². The van der Waals surface area contributed by atoms with Crippen molar-refractivity contribution in [1.82, 2.24) is 175 Å². The van der Waals surface area contributed by atoms with Crippen LogP contribution in [-0.2, 0) is 47.9 Å². The zero-order chi connectivity index (χ0) is 105. The molecule has 34 N–H and O–H groups in total. The largest absolute Gasteiger partial charge is 0.356 e. The van der Waals surface area contributed by atoms with Gasteiger partial charge in [-0.3, -0.25) is 52.8 Å². The van der Waals surface area contributed by atoms with Crippen LogP contribution in [-0.4, -0.2) is 458 Å². The molecule has 0 atom stereocenters. The maximum absolute atomic E-state index is 13.0. The van der Waals surface area contributed by atoms with Crippen molar-refractivity contribution in [2.45, 2.75) is 153 Å². The van der Waals surface area contributed by atoms with Crippen molar-refractivity contribution in [3.63, 3.8) is 0 Å². The Bertz CT molecular complexity index is 3510. The molecule has 836 valence electrons. The van der Waals surface area contributed by atoms with Gasteiger partial charge in [-0.05, 0) is 75.7 Å². The van der Waals surface area contributed by atoms with Crippen molar-refractivity contribution in [3.8, 4) is 0 Å². The summed E-state index contributed by atoms with van der Waals surface area (Å²) in [6, 6.07) is 0. The minimum absolute atomic E-state index is 0.0208. The summed E-state index contributed by atoms with van der Waals surface area (Å²) in [7, 11) is 0. The number of nitrogens with one attached hydrogen (secondary N) is 32. The summed E-state index contributed by atoms with van der Waals surface area (Å²) < 4.78 is 0. The van der Waals surface area contributed by atoms with E-state index < -0.39 is 22.2 Å². The van der Waals surface area contributed by atoms with Crippen molar-refractivity contribution in [2.75, 3.05) is 367 Å². The lowest BCUT2D eigenvalue weighted by molar-refractivity contribution is -0.137. The topological polar surface area (TPSA) is 646 Å². The molecule has 0 aromatic rings. The van der Waals surface area contributed by atoms with Crippen LogP contribution in [0.2, 0.25) is 0 Å². The number of fused-ring (bicyclic) bond motifs is 60. The Morgan fingerprint density at radius 2 is 0.486 bits per heavy atom. The van der Waals surface area contributed by atoms with Crippen molar-refractivity contribution < 1.29 is 47.9 Å². The number of carbonyl (C=O) groups excluding carboxylic acids is 10. The first-order valence-electron chi connectivity index (χ1n) is 54.3. The van der Waals surface area contributed by atoms with Crippen molar-refractivity contribution >= 4 is 76.5 Å². The molecule has 8 bridgehead atoms. The number of thiocarbonyl (C=S) groups is 1. The van der Waals surface area contributed by atoms with Gasteiger partial charge in [-0.25, -0.2) is 4.99 Å². The lowest BCUT2D eigenvalue weighted by Crippen LogP contribution is -2.66. The monoisotopic (exact) mass is 2080 g/mol. The van der Waals surface area contributed by atoms with E-state index in [0.717, 1.165) is 253 Å². The molecule has 13 aliphatic rings. The van der Waals surface area contributed by atoms with Gasteiger partial charge in [0.2, 0.25) is 47.3 Å². The summed E-state index contributed by atoms with van der Waals surface area (Å²) in [6.07, 6.45) is 9.43. The Labute approximate surface area is 874 Å². The Balaban J connectivity index is 0.000000298. The van der Waals surface area contributed by atoms with Crippen LogP contribution >= 0.6 is 12.2 Å². The maximum Gasteiger partial charge on any atom is 0.253 e. The van der Waals surface area contributed by atoms with Crippen molar-refractivity contribution in [3.05, 3.63) is 22.6 Å². The molecule has 0 spiro atoms. The van der Waals surface area contributed by atoms with Crippen molar-refractivity contribution in [2.24, 2.45) is 37.5 Å². The molecule has 0 aromatic heterocycles. The van der Waals surface area contributed by atoms with E-state index in [0.29, 0.717) is 195 Å². The quantitative estimate of drug-likeness (QED) is 0.00533. The van der Waals surface area contributed by atoms with E-state index in [9.17, 15) is 47.9 Å². The Morgan fingerprint density at radius 1 is 0.301 bits per heavy atom. The van der Waals surface area contributed by atoms with Gasteiger partial charge < -0.3 is 176 Å². The van der Waals surface area contributed by atoms with Gasteiger partial charge >= 0.3 is 0 Å². The standard InChI is InChI=1S/C27H49N9O4.C24H47N9O2S.C23H47N11O2.C23H49N9O2/c1-26-16-28-9-12-31-19-27(20-32-13-10-29-17-26,21-33-14-11-30-18-26)35-23(38)5-2-4-22(37)34-8-3-15-36-24(39)6-7-25(36)40;1-23-14-25-8-11-28-17-24(18-29-12-9-26-15-23,19-30-13-10-27-16-23)33-22(35)5-2-4-21(34)32-7-3-6-31-20-36;1-22-14-25-8-11-28-17-23(18-29-12-9-26-15-22,19-30-13-10-27-16-22)33-21(36)5-2-4-20(35)31-6-3-7-32-34-24;1-22-14-25-8-11-28-17-23(18-29-12-9-26-15-22,19-30-13-10-27-16-22)32-21(34)5-2-4-20(33)31-7-3-6-24/h6-7,28-33H,2-5,8-21H2,1H3,(H,34,37)(H,35,38);25-30H,2-19H2,1H3,(H,32,34)(H,33,35);25-30H,2-19H2,1H3,(H,31,35)(H,33,36);25-30H,2-19,24H2,1H3,(H,31,33)(H,32,34). The minimum atomic E-state index is -0.513. The smallest absolute Gasteiger partial charge is 0.253 e. The highest BCUT2D eigenvalue weighted by Crippen LogP contribution is 2.19. The molecule has 0 aromatic carbocycles. The number of amides is 10. The molecule has 13 heterocycles. The highest BCUT2D eigenvalue weighted by atomic mass is 32.1. The number of isothiocyanates is 1. The summed E-state index contributed by atoms with van der Waals surface area (Å²) in [5, 5.41) is 116. The predicted molar refractivity (Wildman–Crippen MR) is 580 cm³/mol. The zero-order valence-corrected chi connectivity index (χ0v) is 89.7. The van der Waals surface area contributed by atoms with Crippen LogP contribution in [0.15, 0.2) is 22.3 Å². The van der Waals surface area contributed by atoms with Crippen LogP contribution in [0.5, 0.6) is 0 Å². The molecule has 13 aliphatic heterocycles. The first kappa shape index (κ1) is 127. The van der Waals surface area contributed by atoms with Gasteiger partial charge in [0.25, 0.3) is 11.8 Å². The van der Waals surface area contributed by atoms with Crippen molar-refractivity contribution in [1.29, 1.82) is 0 Å². The molecule has 48 nitrogen and oxygen atoms in total. The number of hydrogen-bond acceptors (Lipinski definition) is 38. The number of aliphatic imine (C=N–C) groups is 1. The normalized spacial score (nSPS) is 27.1. The molecule has 12 saturated heterocycles. The number of carbonyl (C=O) groups is 10. The fraction of sp³-hybridized carbons (Fsp3) is 0.866. The SMILES string of the molecule is CC12CNCCNCC(NC(=O)CCCC(=O)NCCCN)(CNCCNC1)CNCCNC2.CC12CNCCNCC(NC(=O)CCCC(=O)NCCCN3C(=O)C=CC3=O)(CNCCNC1)CNCCNC2.CC12CNCCNCC(NC(=O)CCCC(=O)NCCCN=C=S)(CNCCNC1)CNCCNC2.CC12CNCCNCC(NC(=O)CCCC(=O)NCCCN=[N+]=[N-])(CNCCNC1)CNCCNC2. The van der Waals surface area contributed by atoms with Crippen LogP contribution in [0.25, 0.3) is 10.4 Å². The van der Waals surface area contributed by atoms with Crippen LogP contribution in [0, 0.1) is 21.7 Å². The first-order chi connectivity index (χ1) is 70.7. The molecule has 12 fully saturated rings. The van der Waals surface area contributed by atoms with Crippen LogP contribution in [0.3, 0.4) is 0 Å². The fourth-order valence-electron chi connectivity index (χ4n) is 18.5. The lowest BCUT2D eigenvalue weighted by Gasteiger charge is -2.37. The molecule has 49 heteroatoms. The minimum Gasteiger partial charge on any atom is -0.356 e. The third kappa shape index (κ3) is 58.4. The molecule has 0 saturated carbocycles. The zero-order valence-electron chi connectivity index (χ0n) is 88.9. The van der Waals surface area contributed by atoms with Gasteiger partial charge in [0, 0.05) is 444 Å². The lowest BCUT2D eigenvalue weighted by atomic mass is 9.90. The van der Waals surface area contributed by atoms with E-state index in [4.69, 9.17) is 11.3 Å². The van der Waals surface area contributed by atoms with Gasteiger partial charge in [-0.15, -0.1) is 0 Å². The molecule has 0 unspecified atom stereocenters. The molecule has 10 amide bonds. The Morgan fingerprint density at radius 3 is 0.685 bits per heavy atom. The van der Waals surface area contributed by atoms with E-state index in [-0.39, 0.29) is 107 Å². The Kier molecular flexibility index (Phi) is 66.6. The van der Waals surface area contributed by atoms with E-state index in [2.05, 4.69) is 230 Å². The molecular formula is C97H192N38O10S. The number of nitrogens with zero attached hydrogens (tertiary/aromatic N) is 5. The summed E-state index contributed by atoms with van der Waals surface area (Å²) in [5.41, 5.74) is 12.4. The maximum atomic E-state index is 13.0. The third-order valence-electron chi connectivity index (χ3n) is 26.9. The van der Waals surface area contributed by atoms with E-state index in [1.165, 1.54) is 12.2 Å². The molecular weight excluding hydrogens is 1890 g/mol. The summed E-state index contributed by atoms with van der Waals surface area (Å²) in [4.78, 5) is 131. The molecule has 146 heavy (non-hydrogen) atoms. The predicted octanol–water partition coefficient (Wildman–Crippen LogP) is -9.35. The highest BCUT2D eigenvalue weighted by molar-refractivity contribution is 7.78. The van der Waals surface area contributed by atoms with Gasteiger partial charge in [0.1, 0.15) is 0 Å². The van der Waals surface area contributed by atoms with Gasteiger partial charge in [0.15, 0.2) is 0 Å². The number of azide groups is 1. The average molecular weight is 2080 g/mol. The summed E-state index contributed by atoms with van der Waals surface area (Å²) in [6.45, 7) is 52.0. The third-order valence-corrected chi connectivity index (χ3v) is 27.0. The molecule has 13 rings (SSSR count). The number of rotatable bonds is 35. The second-order valence-electron chi connectivity index (χ2n) is 41.9. The van der Waals surface area contributed by atoms with E-state index in [1.54, 1.807) is 0 Å².